The van der Waals surface area contributed by atoms with Crippen LogP contribution in [0.25, 0.3) is 11.1 Å². The van der Waals surface area contributed by atoms with E-state index in [2.05, 4.69) is 15.0 Å². The summed E-state index contributed by atoms with van der Waals surface area (Å²) in [6.45, 7) is 1.47. The normalized spacial score (nSPS) is 12.7. The Bertz CT molecular complexity index is 1230. The molecule has 162 valence electrons. The van der Waals surface area contributed by atoms with Crippen molar-refractivity contribution in [2.75, 3.05) is 5.75 Å². The van der Waals surface area contributed by atoms with E-state index in [0.717, 1.165) is 12.1 Å². The van der Waals surface area contributed by atoms with E-state index in [0.29, 0.717) is 22.3 Å². The molecule has 31 heavy (non-hydrogen) atoms. The molecule has 0 aliphatic heterocycles. The first-order chi connectivity index (χ1) is 14.5. The molecule has 2 aromatic heterocycles. The van der Waals surface area contributed by atoms with E-state index in [9.17, 15) is 21.6 Å². The van der Waals surface area contributed by atoms with Gasteiger partial charge in [0.05, 0.1) is 16.2 Å². The number of amidine groups is 1. The van der Waals surface area contributed by atoms with Gasteiger partial charge in [0.1, 0.15) is 5.69 Å². The zero-order chi connectivity index (χ0) is 22.8. The Morgan fingerprint density at radius 3 is 2.29 bits per heavy atom. The third kappa shape index (κ3) is 5.20. The lowest BCUT2D eigenvalue weighted by molar-refractivity contribution is -0.137. The van der Waals surface area contributed by atoms with E-state index in [1.165, 1.54) is 19.2 Å². The van der Waals surface area contributed by atoms with Crippen LogP contribution in [-0.4, -0.2) is 30.0 Å². The Kier molecular flexibility index (Phi) is 6.33. The average Bonchev–Trinajstić information content (AvgIpc) is 2.73. The van der Waals surface area contributed by atoms with E-state index >= 15 is 0 Å². The number of hydrogen-bond donors (Lipinski definition) is 1. The molecule has 2 heterocycles. The van der Waals surface area contributed by atoms with Gasteiger partial charge in [0.15, 0.2) is 21.5 Å². The van der Waals surface area contributed by atoms with Crippen LogP contribution >= 0.6 is 11.6 Å². The maximum atomic E-state index is 12.7. The molecule has 2 N–H and O–H groups in total. The Morgan fingerprint density at radius 2 is 1.74 bits per heavy atom. The molecule has 0 fully saturated rings. The number of hydrogen-bond acceptors (Lipinski definition) is 5. The number of pyridine rings is 2. The monoisotopic (exact) mass is 468 g/mol. The molecule has 6 nitrogen and oxygen atoms in total. The van der Waals surface area contributed by atoms with Crippen molar-refractivity contribution in [3.63, 3.8) is 0 Å². The van der Waals surface area contributed by atoms with E-state index in [1.54, 1.807) is 24.3 Å². The summed E-state index contributed by atoms with van der Waals surface area (Å²) >= 11 is 5.89. The van der Waals surface area contributed by atoms with Gasteiger partial charge in [-0.05, 0) is 35.9 Å². The molecule has 0 saturated carbocycles. The van der Waals surface area contributed by atoms with Crippen LogP contribution in [0, 0.1) is 0 Å². The minimum atomic E-state index is -4.54. The van der Waals surface area contributed by atoms with Crippen molar-refractivity contribution in [3.05, 3.63) is 71.1 Å². The Morgan fingerprint density at radius 1 is 1.06 bits per heavy atom. The number of aliphatic imine (C=N–C) groups is 1. The van der Waals surface area contributed by atoms with Crippen molar-refractivity contribution in [3.8, 4) is 11.1 Å². The summed E-state index contributed by atoms with van der Waals surface area (Å²) in [4.78, 5) is 11.6. The standard InChI is InChI=1S/C20H16ClF3N4O2S/c1-2-31(29,30)16-9-13(12-3-6-15(21)7-4-12)10-27-18(16)19(25)28-17-8-5-14(11-26-17)20(22,23)24/h3-11H,2H2,1H3,(H2,25,26,28). The van der Waals surface area contributed by atoms with Crippen LogP contribution in [0.5, 0.6) is 0 Å². The molecular weight excluding hydrogens is 453 g/mol. The van der Waals surface area contributed by atoms with Gasteiger partial charge < -0.3 is 5.73 Å². The van der Waals surface area contributed by atoms with Gasteiger partial charge in [0.25, 0.3) is 0 Å². The van der Waals surface area contributed by atoms with Gasteiger partial charge in [-0.1, -0.05) is 30.7 Å². The van der Waals surface area contributed by atoms with E-state index in [1.807, 2.05) is 0 Å². The number of aromatic nitrogens is 2. The molecule has 3 aromatic rings. The second kappa shape index (κ2) is 8.64. The third-order valence-corrected chi connectivity index (χ3v) is 6.29. The van der Waals surface area contributed by atoms with Crippen LogP contribution in [0.1, 0.15) is 18.2 Å². The fourth-order valence-corrected chi connectivity index (χ4v) is 3.82. The molecular formula is C20H16ClF3N4O2S. The topological polar surface area (TPSA) is 98.3 Å². The lowest BCUT2D eigenvalue weighted by atomic mass is 10.1. The largest absolute Gasteiger partial charge is 0.417 e. The van der Waals surface area contributed by atoms with Gasteiger partial charge in [-0.2, -0.15) is 13.2 Å². The van der Waals surface area contributed by atoms with Gasteiger partial charge in [-0.25, -0.2) is 18.4 Å². The average molecular weight is 469 g/mol. The first-order valence-electron chi connectivity index (χ1n) is 8.88. The predicted octanol–water partition coefficient (Wildman–Crippen LogP) is 4.65. The van der Waals surface area contributed by atoms with E-state index in [4.69, 9.17) is 17.3 Å². The summed E-state index contributed by atoms with van der Waals surface area (Å²) in [6.07, 6.45) is -2.50. The van der Waals surface area contributed by atoms with Crippen LogP contribution in [0.2, 0.25) is 5.02 Å². The summed E-state index contributed by atoms with van der Waals surface area (Å²) < 4.78 is 63.4. The van der Waals surface area contributed by atoms with Crippen LogP contribution in [-0.2, 0) is 16.0 Å². The van der Waals surface area contributed by atoms with Crippen LogP contribution in [0.3, 0.4) is 0 Å². The van der Waals surface area contributed by atoms with Crippen LogP contribution in [0.15, 0.2) is 64.7 Å². The summed E-state index contributed by atoms with van der Waals surface area (Å²) in [5, 5.41) is 0.523. The highest BCUT2D eigenvalue weighted by Gasteiger charge is 2.30. The predicted molar refractivity (Wildman–Crippen MR) is 112 cm³/mol. The fourth-order valence-electron chi connectivity index (χ4n) is 2.63. The number of nitrogens with zero attached hydrogens (tertiary/aromatic N) is 3. The molecule has 1 aromatic carbocycles. The molecule has 0 aliphatic carbocycles. The van der Waals surface area contributed by atoms with Gasteiger partial charge in [0.2, 0.25) is 0 Å². The SMILES string of the molecule is CCS(=O)(=O)c1cc(-c2ccc(Cl)cc2)cnc1C(N)=Nc1ccc(C(F)(F)F)cn1. The minimum Gasteiger partial charge on any atom is -0.382 e. The molecule has 11 heteroatoms. The van der Waals surface area contributed by atoms with E-state index in [-0.39, 0.29) is 28.0 Å². The van der Waals surface area contributed by atoms with Crippen molar-refractivity contribution < 1.29 is 21.6 Å². The number of rotatable bonds is 5. The maximum Gasteiger partial charge on any atom is 0.417 e. The first kappa shape index (κ1) is 22.7. The molecule has 0 unspecified atom stereocenters. The zero-order valence-electron chi connectivity index (χ0n) is 16.1. The summed E-state index contributed by atoms with van der Waals surface area (Å²) in [5.74, 6) is -0.617. The summed E-state index contributed by atoms with van der Waals surface area (Å²) in [5.41, 5.74) is 6.12. The quantitative estimate of drug-likeness (QED) is 0.434. The van der Waals surface area contributed by atoms with Crippen LogP contribution in [0.4, 0.5) is 19.0 Å². The van der Waals surface area contributed by atoms with Crippen molar-refractivity contribution in [2.24, 2.45) is 10.7 Å². The first-order valence-corrected chi connectivity index (χ1v) is 10.9. The molecule has 0 saturated heterocycles. The Balaban J connectivity index is 2.07. The van der Waals surface area contributed by atoms with Crippen LogP contribution < -0.4 is 5.73 Å². The number of halogens is 4. The lowest BCUT2D eigenvalue weighted by Crippen LogP contribution is -2.20. The maximum absolute atomic E-state index is 12.7. The van der Waals surface area contributed by atoms with Gasteiger partial charge in [0, 0.05) is 23.0 Å². The Labute approximate surface area is 181 Å². The molecule has 0 atom stereocenters. The summed E-state index contributed by atoms with van der Waals surface area (Å²) in [7, 11) is -3.75. The van der Waals surface area contributed by atoms with Crippen molar-refractivity contribution in [2.45, 2.75) is 18.0 Å². The molecule has 0 spiro atoms. The van der Waals surface area contributed by atoms with Crippen molar-refractivity contribution in [1.82, 2.24) is 9.97 Å². The van der Waals surface area contributed by atoms with Crippen molar-refractivity contribution >= 4 is 33.1 Å². The number of benzene rings is 1. The smallest absolute Gasteiger partial charge is 0.382 e. The van der Waals surface area contributed by atoms with Gasteiger partial charge >= 0.3 is 6.18 Å². The molecule has 3 rings (SSSR count). The van der Waals surface area contributed by atoms with Gasteiger partial charge in [-0.15, -0.1) is 0 Å². The number of alkyl halides is 3. The third-order valence-electron chi connectivity index (χ3n) is 4.30. The number of sulfone groups is 1. The minimum absolute atomic E-state index is 0.110. The molecule has 0 radical (unpaired) electrons. The summed E-state index contributed by atoms with van der Waals surface area (Å²) in [6, 6.07) is 10.0. The molecule has 0 amide bonds. The lowest BCUT2D eigenvalue weighted by Gasteiger charge is -2.11. The van der Waals surface area contributed by atoms with Gasteiger partial charge in [-0.3, -0.25) is 4.98 Å². The second-order valence-corrected chi connectivity index (χ2v) is 9.06. The molecule has 0 aliphatic rings. The fraction of sp³-hybridized carbons (Fsp3) is 0.150. The highest BCUT2D eigenvalue weighted by Crippen LogP contribution is 2.30. The van der Waals surface area contributed by atoms with E-state index < -0.39 is 21.6 Å². The second-order valence-electron chi connectivity index (χ2n) is 6.38. The highest BCUT2D eigenvalue weighted by atomic mass is 35.5. The van der Waals surface area contributed by atoms with Crippen molar-refractivity contribution in [1.29, 1.82) is 0 Å². The Hall–Kier alpha value is -2.98. The number of nitrogens with two attached hydrogens (primary N) is 1. The highest BCUT2D eigenvalue weighted by molar-refractivity contribution is 7.91. The zero-order valence-corrected chi connectivity index (χ0v) is 17.6. The molecule has 0 bridgehead atoms.